The first kappa shape index (κ1) is 18.7. The number of fused-ring (bicyclic) bond motifs is 1. The standard InChI is InChI=1S/C14H19N7O.2ClH/c22-14(11-2-1-5-15-11)20-8-6-19(7-9-20)13-4-3-12-17-16-10-21(12)18-13;;/h3-4,10-11,15H,1-2,5-9H2;2*1H. The number of anilines is 1. The van der Waals surface area contributed by atoms with Gasteiger partial charge < -0.3 is 15.1 Å². The molecular formula is C14H21Cl2N7O. The third kappa shape index (κ3) is 3.55. The molecule has 2 saturated heterocycles. The summed E-state index contributed by atoms with van der Waals surface area (Å²) >= 11 is 0. The zero-order valence-corrected chi connectivity index (χ0v) is 14.8. The number of rotatable bonds is 2. The predicted molar refractivity (Wildman–Crippen MR) is 95.1 cm³/mol. The molecule has 1 amide bonds. The van der Waals surface area contributed by atoms with Gasteiger partial charge in [0.1, 0.15) is 12.1 Å². The van der Waals surface area contributed by atoms with E-state index in [0.29, 0.717) is 0 Å². The van der Waals surface area contributed by atoms with Crippen molar-refractivity contribution in [1.29, 1.82) is 0 Å². The molecule has 0 bridgehead atoms. The fraction of sp³-hybridized carbons (Fsp3) is 0.571. The number of carbonyl (C=O) groups is 1. The van der Waals surface area contributed by atoms with E-state index in [-0.39, 0.29) is 36.8 Å². The third-order valence-corrected chi connectivity index (χ3v) is 4.42. The number of aromatic nitrogens is 4. The Labute approximate surface area is 152 Å². The molecule has 0 aromatic carbocycles. The Morgan fingerprint density at radius 3 is 2.67 bits per heavy atom. The number of halogens is 2. The van der Waals surface area contributed by atoms with Crippen LogP contribution in [0.15, 0.2) is 18.5 Å². The second-order valence-electron chi connectivity index (χ2n) is 5.79. The number of carbonyl (C=O) groups excluding carboxylic acids is 1. The van der Waals surface area contributed by atoms with Crippen LogP contribution in [0.3, 0.4) is 0 Å². The van der Waals surface area contributed by atoms with Gasteiger partial charge in [0.05, 0.1) is 6.04 Å². The lowest BCUT2D eigenvalue weighted by Crippen LogP contribution is -2.53. The highest BCUT2D eigenvalue weighted by atomic mass is 35.5. The molecule has 132 valence electrons. The molecule has 2 aromatic rings. The van der Waals surface area contributed by atoms with Crippen LogP contribution in [0, 0.1) is 0 Å². The number of hydrogen-bond acceptors (Lipinski definition) is 6. The van der Waals surface area contributed by atoms with Gasteiger partial charge in [0.2, 0.25) is 5.91 Å². The van der Waals surface area contributed by atoms with Gasteiger partial charge in [-0.15, -0.1) is 40.1 Å². The van der Waals surface area contributed by atoms with E-state index in [1.54, 1.807) is 10.8 Å². The van der Waals surface area contributed by atoms with Crippen LogP contribution in [0.5, 0.6) is 0 Å². The van der Waals surface area contributed by atoms with Gasteiger partial charge in [0.25, 0.3) is 0 Å². The predicted octanol–water partition coefficient (Wildman–Crippen LogP) is 0.368. The first-order valence-corrected chi connectivity index (χ1v) is 7.75. The van der Waals surface area contributed by atoms with Crippen molar-refractivity contribution in [1.82, 2.24) is 30.0 Å². The number of nitrogens with one attached hydrogen (secondary N) is 1. The molecule has 1 atom stereocenters. The van der Waals surface area contributed by atoms with Crippen LogP contribution < -0.4 is 10.2 Å². The van der Waals surface area contributed by atoms with Crippen molar-refractivity contribution >= 4 is 42.2 Å². The largest absolute Gasteiger partial charge is 0.352 e. The lowest BCUT2D eigenvalue weighted by Gasteiger charge is -2.36. The van der Waals surface area contributed by atoms with Gasteiger partial charge in [-0.1, -0.05) is 0 Å². The van der Waals surface area contributed by atoms with Crippen molar-refractivity contribution in [2.24, 2.45) is 0 Å². The summed E-state index contributed by atoms with van der Waals surface area (Å²) in [5.74, 6) is 1.15. The molecular weight excluding hydrogens is 353 g/mol. The van der Waals surface area contributed by atoms with Gasteiger partial charge in [-0.05, 0) is 31.5 Å². The fourth-order valence-electron chi connectivity index (χ4n) is 3.16. The van der Waals surface area contributed by atoms with Gasteiger partial charge in [0, 0.05) is 26.2 Å². The molecule has 2 fully saturated rings. The highest BCUT2D eigenvalue weighted by Gasteiger charge is 2.29. The normalized spacial score (nSPS) is 20.6. The molecule has 24 heavy (non-hydrogen) atoms. The SMILES string of the molecule is Cl.Cl.O=C(C1CCCN1)N1CCN(c2ccc3nncn3n2)CC1. The van der Waals surface area contributed by atoms with E-state index in [1.165, 1.54) is 0 Å². The molecule has 0 aliphatic carbocycles. The summed E-state index contributed by atoms with van der Waals surface area (Å²) in [6.07, 6.45) is 3.66. The van der Waals surface area contributed by atoms with E-state index < -0.39 is 0 Å². The van der Waals surface area contributed by atoms with Crippen LogP contribution in [0.25, 0.3) is 5.65 Å². The number of amides is 1. The Kier molecular flexibility index (Phi) is 6.20. The quantitative estimate of drug-likeness (QED) is 0.819. The molecule has 2 aromatic heterocycles. The molecule has 2 aliphatic heterocycles. The summed E-state index contributed by atoms with van der Waals surface area (Å²) < 4.78 is 1.68. The summed E-state index contributed by atoms with van der Waals surface area (Å²) in [6, 6.07) is 3.90. The van der Waals surface area contributed by atoms with Gasteiger partial charge in [-0.2, -0.15) is 4.52 Å². The average Bonchev–Trinajstić information content (AvgIpc) is 3.25. The fourth-order valence-corrected chi connectivity index (χ4v) is 3.16. The van der Waals surface area contributed by atoms with E-state index in [9.17, 15) is 4.79 Å². The molecule has 1 N–H and O–H groups in total. The van der Waals surface area contributed by atoms with Crippen LogP contribution in [0.4, 0.5) is 5.82 Å². The van der Waals surface area contributed by atoms with Gasteiger partial charge in [-0.25, -0.2) is 0 Å². The number of piperazine rings is 1. The lowest BCUT2D eigenvalue weighted by molar-refractivity contribution is -0.133. The topological polar surface area (TPSA) is 78.7 Å². The van der Waals surface area contributed by atoms with Gasteiger partial charge in [0.15, 0.2) is 5.65 Å². The van der Waals surface area contributed by atoms with E-state index in [1.807, 2.05) is 17.0 Å². The average molecular weight is 374 g/mol. The maximum Gasteiger partial charge on any atom is 0.239 e. The molecule has 0 saturated carbocycles. The Morgan fingerprint density at radius 1 is 1.17 bits per heavy atom. The van der Waals surface area contributed by atoms with E-state index >= 15 is 0 Å². The van der Waals surface area contributed by atoms with Gasteiger partial charge >= 0.3 is 0 Å². The number of nitrogens with zero attached hydrogens (tertiary/aromatic N) is 6. The van der Waals surface area contributed by atoms with Crippen LogP contribution in [0.2, 0.25) is 0 Å². The van der Waals surface area contributed by atoms with E-state index in [4.69, 9.17) is 0 Å². The second kappa shape index (κ2) is 7.96. The maximum atomic E-state index is 12.4. The Bertz CT molecular complexity index is 681. The minimum atomic E-state index is 0. The Morgan fingerprint density at radius 2 is 1.96 bits per heavy atom. The van der Waals surface area contributed by atoms with Crippen LogP contribution >= 0.6 is 24.8 Å². The molecule has 4 heterocycles. The van der Waals surface area contributed by atoms with Crippen molar-refractivity contribution in [3.63, 3.8) is 0 Å². The first-order valence-electron chi connectivity index (χ1n) is 7.75. The molecule has 10 heteroatoms. The minimum Gasteiger partial charge on any atom is -0.352 e. The molecule has 0 radical (unpaired) electrons. The van der Waals surface area contributed by atoms with Crippen molar-refractivity contribution in [2.45, 2.75) is 18.9 Å². The van der Waals surface area contributed by atoms with Crippen molar-refractivity contribution in [3.05, 3.63) is 18.5 Å². The highest BCUT2D eigenvalue weighted by Crippen LogP contribution is 2.16. The highest BCUT2D eigenvalue weighted by molar-refractivity contribution is 5.85. The zero-order chi connectivity index (χ0) is 14.9. The Hall–Kier alpha value is -1.64. The zero-order valence-electron chi connectivity index (χ0n) is 13.2. The summed E-state index contributed by atoms with van der Waals surface area (Å²) in [4.78, 5) is 16.6. The summed E-state index contributed by atoms with van der Waals surface area (Å²) in [7, 11) is 0. The molecule has 4 rings (SSSR count). The first-order chi connectivity index (χ1) is 10.8. The molecule has 0 spiro atoms. The molecule has 8 nitrogen and oxygen atoms in total. The van der Waals surface area contributed by atoms with Crippen LogP contribution in [-0.2, 0) is 4.79 Å². The van der Waals surface area contributed by atoms with Crippen molar-refractivity contribution < 1.29 is 4.79 Å². The second-order valence-corrected chi connectivity index (χ2v) is 5.79. The van der Waals surface area contributed by atoms with Crippen LogP contribution in [0.1, 0.15) is 12.8 Å². The van der Waals surface area contributed by atoms with Crippen molar-refractivity contribution in [3.8, 4) is 0 Å². The van der Waals surface area contributed by atoms with Gasteiger partial charge in [-0.3, -0.25) is 4.79 Å². The van der Waals surface area contributed by atoms with Crippen LogP contribution in [-0.4, -0.2) is 69.4 Å². The van der Waals surface area contributed by atoms with E-state index in [0.717, 1.165) is 57.0 Å². The third-order valence-electron chi connectivity index (χ3n) is 4.42. The molecule has 2 aliphatic rings. The summed E-state index contributed by atoms with van der Waals surface area (Å²) in [6.45, 7) is 4.06. The number of hydrogen-bond donors (Lipinski definition) is 1. The summed E-state index contributed by atoms with van der Waals surface area (Å²) in [5, 5.41) is 15.6. The monoisotopic (exact) mass is 373 g/mol. The molecule has 1 unspecified atom stereocenters. The van der Waals surface area contributed by atoms with E-state index in [2.05, 4.69) is 25.5 Å². The summed E-state index contributed by atoms with van der Waals surface area (Å²) in [5.41, 5.74) is 0.741. The van der Waals surface area contributed by atoms with Crippen molar-refractivity contribution in [2.75, 3.05) is 37.6 Å². The Balaban J connectivity index is 0.00000104. The maximum absolute atomic E-state index is 12.4. The smallest absolute Gasteiger partial charge is 0.239 e. The minimum absolute atomic E-state index is 0. The lowest BCUT2D eigenvalue weighted by atomic mass is 10.2.